The van der Waals surface area contributed by atoms with Crippen LogP contribution in [0.1, 0.15) is 11.7 Å². The molecule has 2 rings (SSSR count). The molecule has 1 aliphatic heterocycles. The minimum atomic E-state index is 0.251. The van der Waals surface area contributed by atoms with Gasteiger partial charge in [0.15, 0.2) is 0 Å². The number of hydrogen-bond donors (Lipinski definition) is 1. The van der Waals surface area contributed by atoms with Gasteiger partial charge >= 0.3 is 0 Å². The molecule has 0 aromatic carbocycles. The van der Waals surface area contributed by atoms with Gasteiger partial charge in [-0.3, -0.25) is 0 Å². The predicted molar refractivity (Wildman–Crippen MR) is 53.6 cm³/mol. The molecule has 1 fully saturated rings. The molecule has 0 spiro atoms. The van der Waals surface area contributed by atoms with Crippen LogP contribution < -0.4 is 5.32 Å². The molecule has 1 saturated heterocycles. The smallest absolute Gasteiger partial charge is 0.0958 e. The largest absolute Gasteiger partial charge is 0.371 e. The molecule has 0 saturated carbocycles. The summed E-state index contributed by atoms with van der Waals surface area (Å²) in [6, 6.07) is 2.13. The Morgan fingerprint density at radius 2 is 2.58 bits per heavy atom. The molecule has 1 N–H and O–H groups in total. The molecule has 2 nitrogen and oxygen atoms in total. The van der Waals surface area contributed by atoms with Crippen LogP contribution in [-0.4, -0.2) is 19.7 Å². The number of morpholine rings is 1. The molecule has 0 aliphatic carbocycles. The van der Waals surface area contributed by atoms with Gasteiger partial charge in [-0.2, -0.15) is 0 Å². The fraction of sp³-hybridized carbons (Fsp3) is 0.500. The highest BCUT2D eigenvalue weighted by atomic mass is 79.9. The lowest BCUT2D eigenvalue weighted by Gasteiger charge is -2.22. The second-order valence-electron chi connectivity index (χ2n) is 2.75. The molecule has 0 radical (unpaired) electrons. The highest BCUT2D eigenvalue weighted by Crippen LogP contribution is 2.27. The SMILES string of the molecule is Brc1cc(C2CNCCO2)cs1. The molecule has 1 aromatic heterocycles. The Morgan fingerprint density at radius 3 is 3.17 bits per heavy atom. The van der Waals surface area contributed by atoms with E-state index in [2.05, 4.69) is 32.7 Å². The summed E-state index contributed by atoms with van der Waals surface area (Å²) in [5.41, 5.74) is 1.28. The summed E-state index contributed by atoms with van der Waals surface area (Å²) in [7, 11) is 0. The Bertz CT molecular complexity index is 257. The van der Waals surface area contributed by atoms with Crippen molar-refractivity contribution < 1.29 is 4.74 Å². The third kappa shape index (κ3) is 1.88. The van der Waals surface area contributed by atoms with Crippen molar-refractivity contribution in [1.82, 2.24) is 5.32 Å². The molecule has 12 heavy (non-hydrogen) atoms. The van der Waals surface area contributed by atoms with Crippen LogP contribution in [0.2, 0.25) is 0 Å². The molecule has 1 unspecified atom stereocenters. The molecule has 2 heterocycles. The lowest BCUT2D eigenvalue weighted by molar-refractivity contribution is 0.0279. The van der Waals surface area contributed by atoms with Crippen LogP contribution in [0, 0.1) is 0 Å². The van der Waals surface area contributed by atoms with Crippen molar-refractivity contribution in [1.29, 1.82) is 0 Å². The van der Waals surface area contributed by atoms with E-state index in [9.17, 15) is 0 Å². The maximum atomic E-state index is 5.60. The van der Waals surface area contributed by atoms with Crippen molar-refractivity contribution in [3.63, 3.8) is 0 Å². The van der Waals surface area contributed by atoms with Gasteiger partial charge in [-0.25, -0.2) is 0 Å². The van der Waals surface area contributed by atoms with Crippen molar-refractivity contribution >= 4 is 27.3 Å². The van der Waals surface area contributed by atoms with Crippen LogP contribution in [0.4, 0.5) is 0 Å². The third-order valence-electron chi connectivity index (χ3n) is 1.89. The number of ether oxygens (including phenoxy) is 1. The summed E-state index contributed by atoms with van der Waals surface area (Å²) in [5, 5.41) is 5.45. The summed E-state index contributed by atoms with van der Waals surface area (Å²) in [6.45, 7) is 2.73. The first-order chi connectivity index (χ1) is 5.86. The van der Waals surface area contributed by atoms with E-state index in [1.54, 1.807) is 11.3 Å². The molecule has 0 bridgehead atoms. The third-order valence-corrected chi connectivity index (χ3v) is 3.41. The highest BCUT2D eigenvalue weighted by Gasteiger charge is 2.16. The van der Waals surface area contributed by atoms with E-state index in [1.807, 2.05) is 0 Å². The van der Waals surface area contributed by atoms with Crippen molar-refractivity contribution in [3.8, 4) is 0 Å². The summed E-state index contributed by atoms with van der Waals surface area (Å²) >= 11 is 5.15. The predicted octanol–water partition coefficient (Wildman–Crippen LogP) is 2.17. The van der Waals surface area contributed by atoms with E-state index >= 15 is 0 Å². The average molecular weight is 248 g/mol. The molecule has 1 aromatic rings. The van der Waals surface area contributed by atoms with Gasteiger partial charge < -0.3 is 10.1 Å². The van der Waals surface area contributed by atoms with Crippen molar-refractivity contribution in [2.75, 3.05) is 19.7 Å². The Kier molecular flexibility index (Phi) is 2.80. The second kappa shape index (κ2) is 3.87. The topological polar surface area (TPSA) is 21.3 Å². The average Bonchev–Trinajstić information content (AvgIpc) is 2.54. The summed E-state index contributed by atoms with van der Waals surface area (Å²) < 4.78 is 6.77. The van der Waals surface area contributed by atoms with E-state index in [0.29, 0.717) is 0 Å². The monoisotopic (exact) mass is 247 g/mol. The summed E-state index contributed by atoms with van der Waals surface area (Å²) in [5.74, 6) is 0. The first-order valence-electron chi connectivity index (χ1n) is 3.92. The van der Waals surface area contributed by atoms with Crippen molar-refractivity contribution in [2.24, 2.45) is 0 Å². The Labute approximate surface area is 84.1 Å². The number of rotatable bonds is 1. The first-order valence-corrected chi connectivity index (χ1v) is 5.60. The van der Waals surface area contributed by atoms with Gasteiger partial charge in [0.1, 0.15) is 0 Å². The van der Waals surface area contributed by atoms with Gasteiger partial charge in [-0.1, -0.05) is 0 Å². The highest BCUT2D eigenvalue weighted by molar-refractivity contribution is 9.11. The van der Waals surface area contributed by atoms with Crippen molar-refractivity contribution in [2.45, 2.75) is 6.10 Å². The van der Waals surface area contributed by atoms with Gasteiger partial charge in [0, 0.05) is 13.1 Å². The molecule has 0 amide bonds. The van der Waals surface area contributed by atoms with Crippen LogP contribution in [0.15, 0.2) is 15.2 Å². The van der Waals surface area contributed by atoms with E-state index in [-0.39, 0.29) is 6.10 Å². The van der Waals surface area contributed by atoms with Crippen molar-refractivity contribution in [3.05, 3.63) is 20.8 Å². The van der Waals surface area contributed by atoms with E-state index in [4.69, 9.17) is 4.74 Å². The fourth-order valence-electron chi connectivity index (χ4n) is 1.27. The number of hydrogen-bond acceptors (Lipinski definition) is 3. The lowest BCUT2D eigenvalue weighted by atomic mass is 10.2. The van der Waals surface area contributed by atoms with E-state index in [1.165, 1.54) is 9.35 Å². The van der Waals surface area contributed by atoms with Crippen LogP contribution in [-0.2, 0) is 4.74 Å². The van der Waals surface area contributed by atoms with Crippen LogP contribution in [0.25, 0.3) is 0 Å². The van der Waals surface area contributed by atoms with Gasteiger partial charge in [0.05, 0.1) is 16.5 Å². The number of halogens is 1. The number of thiophene rings is 1. The van der Waals surface area contributed by atoms with Gasteiger partial charge in [-0.15, -0.1) is 11.3 Å². The van der Waals surface area contributed by atoms with Gasteiger partial charge in [0.2, 0.25) is 0 Å². The molecular formula is C8H10BrNOS. The summed E-state index contributed by atoms with van der Waals surface area (Å²) in [4.78, 5) is 0. The quantitative estimate of drug-likeness (QED) is 0.822. The normalized spacial score (nSPS) is 24.2. The number of nitrogens with one attached hydrogen (secondary N) is 1. The fourth-order valence-corrected chi connectivity index (χ4v) is 2.49. The molecule has 1 aliphatic rings. The first kappa shape index (κ1) is 8.69. The standard InChI is InChI=1S/C8H10BrNOS/c9-8-3-6(5-12-8)7-4-10-1-2-11-7/h3,5,7,10H,1-2,4H2. The summed E-state index contributed by atoms with van der Waals surface area (Å²) in [6.07, 6.45) is 0.251. The van der Waals surface area contributed by atoms with Crippen LogP contribution in [0.3, 0.4) is 0 Å². The Balaban J connectivity index is 2.08. The lowest BCUT2D eigenvalue weighted by Crippen LogP contribution is -2.33. The second-order valence-corrected chi connectivity index (χ2v) is 5.04. The maximum Gasteiger partial charge on any atom is 0.0958 e. The van der Waals surface area contributed by atoms with Gasteiger partial charge in [0.25, 0.3) is 0 Å². The zero-order chi connectivity index (χ0) is 8.39. The zero-order valence-electron chi connectivity index (χ0n) is 6.55. The molecule has 66 valence electrons. The van der Waals surface area contributed by atoms with Gasteiger partial charge in [-0.05, 0) is 32.9 Å². The minimum absolute atomic E-state index is 0.251. The van der Waals surface area contributed by atoms with E-state index < -0.39 is 0 Å². The minimum Gasteiger partial charge on any atom is -0.371 e. The molecular weight excluding hydrogens is 238 g/mol. The Morgan fingerprint density at radius 1 is 1.67 bits per heavy atom. The zero-order valence-corrected chi connectivity index (χ0v) is 8.95. The Hall–Kier alpha value is 0.1000. The molecule has 1 atom stereocenters. The maximum absolute atomic E-state index is 5.60. The van der Waals surface area contributed by atoms with Crippen LogP contribution >= 0.6 is 27.3 Å². The molecule has 4 heteroatoms. The van der Waals surface area contributed by atoms with E-state index in [0.717, 1.165) is 19.7 Å². The van der Waals surface area contributed by atoms with Crippen LogP contribution in [0.5, 0.6) is 0 Å².